The monoisotopic (exact) mass is 520 g/mol. The molecule has 0 spiro atoms. The van der Waals surface area contributed by atoms with E-state index in [9.17, 15) is 19.5 Å². The molecule has 12 heteroatoms. The molecule has 196 valence electrons. The van der Waals surface area contributed by atoms with Crippen LogP contribution in [0, 0.1) is 5.92 Å². The minimum Gasteiger partial charge on any atom is -0.494 e. The lowest BCUT2D eigenvalue weighted by Gasteiger charge is -2.45. The molecule has 0 radical (unpaired) electrons. The number of nitrogen functional groups attached to an aromatic ring is 1. The van der Waals surface area contributed by atoms with Crippen LogP contribution in [0.25, 0.3) is 11.7 Å². The van der Waals surface area contributed by atoms with Crippen LogP contribution in [0.3, 0.4) is 0 Å². The predicted molar refractivity (Wildman–Crippen MR) is 136 cm³/mol. The van der Waals surface area contributed by atoms with Gasteiger partial charge in [-0.05, 0) is 44.1 Å². The fraction of sp³-hybridized carbons (Fsp3) is 0.583. The fourth-order valence-electron chi connectivity index (χ4n) is 5.09. The summed E-state index contributed by atoms with van der Waals surface area (Å²) in [7, 11) is 0. The van der Waals surface area contributed by atoms with Crippen molar-refractivity contribution in [3.05, 3.63) is 27.6 Å². The van der Waals surface area contributed by atoms with Gasteiger partial charge < -0.3 is 25.8 Å². The average molecular weight is 521 g/mol. The predicted octanol–water partition coefficient (Wildman–Crippen LogP) is 1.55. The van der Waals surface area contributed by atoms with Gasteiger partial charge in [0, 0.05) is 18.7 Å². The highest BCUT2D eigenvalue weighted by Gasteiger charge is 2.37. The molecule has 2 aromatic heterocycles. The number of aromatic nitrogens is 3. The van der Waals surface area contributed by atoms with Crippen molar-refractivity contribution in [1.82, 2.24) is 24.4 Å². The molecule has 3 aliphatic rings. The number of aromatic hydroxyl groups is 1. The summed E-state index contributed by atoms with van der Waals surface area (Å²) in [5, 5.41) is 18.0. The van der Waals surface area contributed by atoms with E-state index in [4.69, 9.17) is 10.5 Å². The SMILES string of the molecule is CC(C)Cn1c(O)c(C(=O)NC2CC2)c(=O)n2nc(N)c(C=CC(=O)N3C4CCCC3COC4)c12.Cl. The lowest BCUT2D eigenvalue weighted by molar-refractivity contribution is -0.145. The fourth-order valence-corrected chi connectivity index (χ4v) is 5.09. The molecule has 36 heavy (non-hydrogen) atoms. The number of hydrogen-bond acceptors (Lipinski definition) is 7. The summed E-state index contributed by atoms with van der Waals surface area (Å²) in [4.78, 5) is 41.0. The number of rotatable bonds is 6. The summed E-state index contributed by atoms with van der Waals surface area (Å²) in [5.41, 5.74) is 5.66. The van der Waals surface area contributed by atoms with Gasteiger partial charge in [-0.2, -0.15) is 4.52 Å². The summed E-state index contributed by atoms with van der Waals surface area (Å²) >= 11 is 0. The van der Waals surface area contributed by atoms with E-state index in [1.807, 2.05) is 18.7 Å². The van der Waals surface area contributed by atoms with E-state index in [1.54, 1.807) is 6.08 Å². The third-order valence-electron chi connectivity index (χ3n) is 6.88. The molecular weight excluding hydrogens is 488 g/mol. The van der Waals surface area contributed by atoms with Crippen LogP contribution in [0.15, 0.2) is 10.9 Å². The van der Waals surface area contributed by atoms with Gasteiger partial charge in [-0.1, -0.05) is 13.8 Å². The molecule has 3 fully saturated rings. The van der Waals surface area contributed by atoms with Gasteiger partial charge in [0.2, 0.25) is 11.8 Å². The smallest absolute Gasteiger partial charge is 0.291 e. The molecule has 1 saturated carbocycles. The number of fused-ring (bicyclic) bond motifs is 3. The Morgan fingerprint density at radius 2 is 1.89 bits per heavy atom. The minimum absolute atomic E-state index is 0. The number of hydrogen-bond donors (Lipinski definition) is 3. The molecule has 2 aromatic rings. The van der Waals surface area contributed by atoms with Crippen LogP contribution in [0.2, 0.25) is 0 Å². The molecule has 4 N–H and O–H groups in total. The second-order valence-electron chi connectivity index (χ2n) is 10.1. The molecular formula is C24H33ClN6O5. The second kappa shape index (κ2) is 10.1. The molecule has 5 rings (SSSR count). The zero-order valence-corrected chi connectivity index (χ0v) is 21.3. The maximum atomic E-state index is 13.2. The Balaban J connectivity index is 0.00000304. The van der Waals surface area contributed by atoms with Gasteiger partial charge in [-0.15, -0.1) is 17.5 Å². The first-order chi connectivity index (χ1) is 16.8. The Kier molecular flexibility index (Phi) is 7.33. The normalized spacial score (nSPS) is 21.7. The van der Waals surface area contributed by atoms with Crippen molar-refractivity contribution in [2.45, 2.75) is 70.6 Å². The van der Waals surface area contributed by atoms with E-state index < -0.39 is 17.3 Å². The van der Waals surface area contributed by atoms with Crippen molar-refractivity contribution in [3.63, 3.8) is 0 Å². The summed E-state index contributed by atoms with van der Waals surface area (Å²) < 4.78 is 8.16. The van der Waals surface area contributed by atoms with E-state index in [1.165, 1.54) is 10.6 Å². The maximum Gasteiger partial charge on any atom is 0.291 e. The molecule has 4 heterocycles. The molecule has 2 bridgehead atoms. The van der Waals surface area contributed by atoms with Crippen LogP contribution in [0.1, 0.15) is 61.9 Å². The summed E-state index contributed by atoms with van der Waals surface area (Å²) in [6, 6.07) is 0.121. The molecule has 2 atom stereocenters. The standard InChI is InChI=1S/C24H32N6O5.ClH/c1-13(2)10-28-22-17(8-9-18(31)29-15-4-3-5-16(29)12-35-11-15)20(25)27-30(22)24(34)19(23(28)33)21(32)26-14-6-7-14;/h8-9,13-16,33H,3-7,10-12H2,1-2H3,(H2,25,27)(H,26,32);1H. The summed E-state index contributed by atoms with van der Waals surface area (Å²) in [6.45, 7) is 5.28. The molecule has 2 aliphatic heterocycles. The number of anilines is 1. The quantitative estimate of drug-likeness (QED) is 0.490. The van der Waals surface area contributed by atoms with E-state index in [2.05, 4.69) is 10.4 Å². The van der Waals surface area contributed by atoms with Gasteiger partial charge in [-0.3, -0.25) is 19.0 Å². The summed E-state index contributed by atoms with van der Waals surface area (Å²) in [6.07, 6.45) is 7.56. The van der Waals surface area contributed by atoms with E-state index >= 15 is 0 Å². The number of nitrogens with zero attached hydrogens (tertiary/aromatic N) is 4. The van der Waals surface area contributed by atoms with Gasteiger partial charge >= 0.3 is 0 Å². The Morgan fingerprint density at radius 3 is 2.50 bits per heavy atom. The van der Waals surface area contributed by atoms with Crippen molar-refractivity contribution in [2.75, 3.05) is 18.9 Å². The molecule has 1 aliphatic carbocycles. The van der Waals surface area contributed by atoms with Gasteiger partial charge in [0.25, 0.3) is 11.5 Å². The van der Waals surface area contributed by atoms with Crippen molar-refractivity contribution < 1.29 is 19.4 Å². The first kappa shape index (κ1) is 26.0. The van der Waals surface area contributed by atoms with Gasteiger partial charge in [0.05, 0.1) is 30.9 Å². The van der Waals surface area contributed by atoms with Crippen LogP contribution in [-0.4, -0.2) is 67.3 Å². The van der Waals surface area contributed by atoms with Crippen molar-refractivity contribution in [3.8, 4) is 5.88 Å². The molecule has 0 aromatic carbocycles. The zero-order chi connectivity index (χ0) is 24.9. The zero-order valence-electron chi connectivity index (χ0n) is 20.5. The van der Waals surface area contributed by atoms with Crippen LogP contribution < -0.4 is 16.6 Å². The average Bonchev–Trinajstić information content (AvgIpc) is 3.55. The van der Waals surface area contributed by atoms with E-state index in [0.29, 0.717) is 25.3 Å². The Bertz CT molecular complexity index is 1240. The molecule has 2 amide bonds. The lowest BCUT2D eigenvalue weighted by Crippen LogP contribution is -2.56. The number of carbonyl (C=O) groups is 2. The Labute approximate surface area is 214 Å². The number of ether oxygens (including phenoxy) is 1. The molecule has 2 saturated heterocycles. The van der Waals surface area contributed by atoms with Gasteiger partial charge in [0.1, 0.15) is 0 Å². The minimum atomic E-state index is -0.754. The van der Waals surface area contributed by atoms with Crippen molar-refractivity contribution >= 4 is 41.8 Å². The van der Waals surface area contributed by atoms with Gasteiger partial charge in [-0.25, -0.2) is 0 Å². The van der Waals surface area contributed by atoms with Crippen molar-refractivity contribution in [1.29, 1.82) is 0 Å². The molecule has 11 nitrogen and oxygen atoms in total. The first-order valence-corrected chi connectivity index (χ1v) is 12.3. The number of halogens is 1. The van der Waals surface area contributed by atoms with E-state index in [0.717, 1.165) is 36.6 Å². The van der Waals surface area contributed by atoms with Crippen LogP contribution in [-0.2, 0) is 16.1 Å². The number of nitrogens with one attached hydrogen (secondary N) is 1. The highest BCUT2D eigenvalue weighted by Crippen LogP contribution is 2.29. The molecule has 2 unspecified atom stereocenters. The Hall–Kier alpha value is -3.05. The number of amides is 2. The van der Waals surface area contributed by atoms with Crippen molar-refractivity contribution in [2.24, 2.45) is 5.92 Å². The van der Waals surface area contributed by atoms with Crippen LogP contribution in [0.5, 0.6) is 5.88 Å². The second-order valence-corrected chi connectivity index (χ2v) is 10.1. The maximum absolute atomic E-state index is 13.2. The van der Waals surface area contributed by atoms with E-state index in [-0.39, 0.29) is 59.4 Å². The first-order valence-electron chi connectivity index (χ1n) is 12.3. The lowest BCUT2D eigenvalue weighted by atomic mass is 9.94. The van der Waals surface area contributed by atoms with Crippen LogP contribution in [0.4, 0.5) is 5.82 Å². The number of nitrogens with two attached hydrogens (primary N) is 1. The Morgan fingerprint density at radius 1 is 1.22 bits per heavy atom. The number of carbonyl (C=O) groups excluding carboxylic acids is 2. The largest absolute Gasteiger partial charge is 0.494 e. The number of morpholine rings is 1. The van der Waals surface area contributed by atoms with Gasteiger partial charge in [0.15, 0.2) is 17.0 Å². The summed E-state index contributed by atoms with van der Waals surface area (Å²) in [5.74, 6) is -1.10. The highest BCUT2D eigenvalue weighted by atomic mass is 35.5. The third-order valence-corrected chi connectivity index (χ3v) is 6.88. The highest BCUT2D eigenvalue weighted by molar-refractivity contribution is 5.97. The number of piperidine rings is 1. The topological polar surface area (TPSA) is 144 Å². The third kappa shape index (κ3) is 4.69. The van der Waals surface area contributed by atoms with Crippen LogP contribution >= 0.6 is 12.4 Å².